The standard InChI is InChI=1S/C20H29FN2O/c21-17-7-3-5-15(13-17)11-12-23(18-8-1-2-9-18)20(24)19-10-4-6-16(19)14-22/h3,5,7,13,16,18-19H,1-2,4,6,8-12,14,22H2/t16-,19-/m1/s1. The van der Waals surface area contributed by atoms with Crippen LogP contribution in [-0.2, 0) is 11.2 Å². The summed E-state index contributed by atoms with van der Waals surface area (Å²) in [5.74, 6) is 0.537. The summed E-state index contributed by atoms with van der Waals surface area (Å²) < 4.78 is 13.4. The van der Waals surface area contributed by atoms with E-state index in [9.17, 15) is 9.18 Å². The van der Waals surface area contributed by atoms with Gasteiger partial charge in [0.1, 0.15) is 5.82 Å². The Morgan fingerprint density at radius 1 is 1.17 bits per heavy atom. The van der Waals surface area contributed by atoms with Crippen LogP contribution in [0.15, 0.2) is 24.3 Å². The van der Waals surface area contributed by atoms with E-state index >= 15 is 0 Å². The van der Waals surface area contributed by atoms with Crippen molar-refractivity contribution in [1.29, 1.82) is 0 Å². The van der Waals surface area contributed by atoms with Gasteiger partial charge in [0.2, 0.25) is 5.91 Å². The van der Waals surface area contributed by atoms with E-state index in [1.165, 1.54) is 18.9 Å². The van der Waals surface area contributed by atoms with Crippen LogP contribution in [0.1, 0.15) is 50.5 Å². The van der Waals surface area contributed by atoms with Crippen LogP contribution in [0.25, 0.3) is 0 Å². The maximum Gasteiger partial charge on any atom is 0.226 e. The quantitative estimate of drug-likeness (QED) is 0.866. The molecule has 0 spiro atoms. The number of nitrogens with two attached hydrogens (primary N) is 1. The van der Waals surface area contributed by atoms with Crippen molar-refractivity contribution in [3.05, 3.63) is 35.6 Å². The van der Waals surface area contributed by atoms with Crippen LogP contribution >= 0.6 is 0 Å². The molecule has 0 bridgehead atoms. The van der Waals surface area contributed by atoms with E-state index in [4.69, 9.17) is 5.73 Å². The van der Waals surface area contributed by atoms with E-state index in [0.29, 0.717) is 31.0 Å². The molecule has 24 heavy (non-hydrogen) atoms. The van der Waals surface area contributed by atoms with E-state index in [2.05, 4.69) is 4.90 Å². The second-order valence-corrected chi connectivity index (χ2v) is 7.38. The van der Waals surface area contributed by atoms with Crippen molar-refractivity contribution in [3.63, 3.8) is 0 Å². The highest BCUT2D eigenvalue weighted by atomic mass is 19.1. The Labute approximate surface area is 144 Å². The predicted octanol–water partition coefficient (Wildman–Crippen LogP) is 3.51. The largest absolute Gasteiger partial charge is 0.339 e. The molecular formula is C20H29FN2O. The number of carbonyl (C=O) groups excluding carboxylic acids is 1. The van der Waals surface area contributed by atoms with Gasteiger partial charge < -0.3 is 10.6 Å². The molecule has 2 aliphatic rings. The van der Waals surface area contributed by atoms with Crippen LogP contribution in [0.2, 0.25) is 0 Å². The highest BCUT2D eigenvalue weighted by molar-refractivity contribution is 5.80. The second kappa shape index (κ2) is 8.11. The van der Waals surface area contributed by atoms with E-state index in [0.717, 1.165) is 44.1 Å². The zero-order valence-corrected chi connectivity index (χ0v) is 14.4. The minimum absolute atomic E-state index is 0.100. The first-order valence-electron chi connectivity index (χ1n) is 9.44. The molecule has 2 aliphatic carbocycles. The number of carbonyl (C=O) groups is 1. The molecule has 0 radical (unpaired) electrons. The van der Waals surface area contributed by atoms with Crippen molar-refractivity contribution >= 4 is 5.91 Å². The van der Waals surface area contributed by atoms with Crippen LogP contribution in [-0.4, -0.2) is 29.9 Å². The Bertz CT molecular complexity index is 556. The van der Waals surface area contributed by atoms with Gasteiger partial charge in [-0.05, 0) is 62.3 Å². The minimum Gasteiger partial charge on any atom is -0.339 e. The van der Waals surface area contributed by atoms with E-state index < -0.39 is 0 Å². The molecule has 3 nitrogen and oxygen atoms in total. The zero-order chi connectivity index (χ0) is 16.9. The Morgan fingerprint density at radius 3 is 2.67 bits per heavy atom. The van der Waals surface area contributed by atoms with Gasteiger partial charge >= 0.3 is 0 Å². The summed E-state index contributed by atoms with van der Waals surface area (Å²) in [4.78, 5) is 15.3. The van der Waals surface area contributed by atoms with E-state index in [1.807, 2.05) is 6.07 Å². The smallest absolute Gasteiger partial charge is 0.226 e. The minimum atomic E-state index is -0.203. The topological polar surface area (TPSA) is 46.3 Å². The normalized spacial score (nSPS) is 24.4. The lowest BCUT2D eigenvalue weighted by Gasteiger charge is -2.33. The molecule has 2 saturated carbocycles. The molecule has 0 unspecified atom stereocenters. The maximum atomic E-state index is 13.4. The van der Waals surface area contributed by atoms with E-state index in [1.54, 1.807) is 12.1 Å². The summed E-state index contributed by atoms with van der Waals surface area (Å²) in [6.45, 7) is 1.31. The molecule has 0 aliphatic heterocycles. The molecule has 132 valence electrons. The van der Waals surface area contributed by atoms with E-state index in [-0.39, 0.29) is 11.7 Å². The average molecular weight is 332 g/mol. The molecule has 0 saturated heterocycles. The number of amides is 1. The molecule has 2 N–H and O–H groups in total. The number of hydrogen-bond donors (Lipinski definition) is 1. The fraction of sp³-hybridized carbons (Fsp3) is 0.650. The number of benzene rings is 1. The lowest BCUT2D eigenvalue weighted by Crippen LogP contribution is -2.45. The van der Waals surface area contributed by atoms with Gasteiger partial charge in [-0.25, -0.2) is 4.39 Å². The van der Waals surface area contributed by atoms with Crippen LogP contribution < -0.4 is 5.73 Å². The van der Waals surface area contributed by atoms with Crippen LogP contribution in [0.4, 0.5) is 4.39 Å². The highest BCUT2D eigenvalue weighted by Gasteiger charge is 2.37. The second-order valence-electron chi connectivity index (χ2n) is 7.38. The van der Waals surface area contributed by atoms with Crippen molar-refractivity contribution in [2.24, 2.45) is 17.6 Å². The fourth-order valence-electron chi connectivity index (χ4n) is 4.49. The first-order chi connectivity index (χ1) is 11.7. The van der Waals surface area contributed by atoms with Gasteiger partial charge in [-0.3, -0.25) is 4.79 Å². The van der Waals surface area contributed by atoms with Gasteiger partial charge in [0.15, 0.2) is 0 Å². The summed E-state index contributed by atoms with van der Waals surface area (Å²) in [6.07, 6.45) is 8.52. The third-order valence-electron chi connectivity index (χ3n) is 5.86. The number of halogens is 1. The molecule has 3 rings (SSSR count). The maximum absolute atomic E-state index is 13.4. The average Bonchev–Trinajstić information content (AvgIpc) is 3.26. The number of hydrogen-bond acceptors (Lipinski definition) is 2. The Balaban J connectivity index is 1.70. The SMILES string of the molecule is NC[C@H]1CCC[C@H]1C(=O)N(CCc1cccc(F)c1)C1CCCC1. The number of rotatable bonds is 6. The lowest BCUT2D eigenvalue weighted by atomic mass is 9.93. The molecule has 4 heteroatoms. The fourth-order valence-corrected chi connectivity index (χ4v) is 4.49. The third kappa shape index (κ3) is 3.97. The molecular weight excluding hydrogens is 303 g/mol. The van der Waals surface area contributed by atoms with Gasteiger partial charge in [0.25, 0.3) is 0 Å². The number of nitrogens with zero attached hydrogens (tertiary/aromatic N) is 1. The Morgan fingerprint density at radius 2 is 1.96 bits per heavy atom. The van der Waals surface area contributed by atoms with Gasteiger partial charge in [-0.15, -0.1) is 0 Å². The summed E-state index contributed by atoms with van der Waals surface area (Å²) in [5.41, 5.74) is 6.85. The highest BCUT2D eigenvalue weighted by Crippen LogP contribution is 2.34. The molecule has 0 aromatic heterocycles. The summed E-state index contributed by atoms with van der Waals surface area (Å²) >= 11 is 0. The Hall–Kier alpha value is -1.42. The van der Waals surface area contributed by atoms with Crippen molar-refractivity contribution in [2.45, 2.75) is 57.4 Å². The van der Waals surface area contributed by atoms with Gasteiger partial charge in [0, 0.05) is 18.5 Å². The van der Waals surface area contributed by atoms with Crippen molar-refractivity contribution in [3.8, 4) is 0 Å². The summed E-state index contributed by atoms with van der Waals surface area (Å²) in [7, 11) is 0. The predicted molar refractivity (Wildman–Crippen MR) is 94.0 cm³/mol. The zero-order valence-electron chi connectivity index (χ0n) is 14.4. The van der Waals surface area contributed by atoms with Crippen LogP contribution in [0, 0.1) is 17.7 Å². The summed E-state index contributed by atoms with van der Waals surface area (Å²) in [5, 5.41) is 0. The van der Waals surface area contributed by atoms with Crippen molar-refractivity contribution < 1.29 is 9.18 Å². The Kier molecular flexibility index (Phi) is 5.88. The van der Waals surface area contributed by atoms with Gasteiger partial charge in [-0.2, -0.15) is 0 Å². The third-order valence-corrected chi connectivity index (χ3v) is 5.86. The first-order valence-corrected chi connectivity index (χ1v) is 9.44. The first kappa shape index (κ1) is 17.4. The molecule has 1 aromatic carbocycles. The lowest BCUT2D eigenvalue weighted by molar-refractivity contribution is -0.138. The van der Waals surface area contributed by atoms with Crippen LogP contribution in [0.3, 0.4) is 0 Å². The molecule has 0 heterocycles. The monoisotopic (exact) mass is 332 g/mol. The van der Waals surface area contributed by atoms with Gasteiger partial charge in [0.05, 0.1) is 0 Å². The molecule has 1 aromatic rings. The molecule has 2 atom stereocenters. The molecule has 1 amide bonds. The molecule has 2 fully saturated rings. The van der Waals surface area contributed by atoms with Crippen LogP contribution in [0.5, 0.6) is 0 Å². The summed E-state index contributed by atoms with van der Waals surface area (Å²) in [6, 6.07) is 7.10. The van der Waals surface area contributed by atoms with Crippen molar-refractivity contribution in [1.82, 2.24) is 4.90 Å². The van der Waals surface area contributed by atoms with Crippen molar-refractivity contribution in [2.75, 3.05) is 13.1 Å². The van der Waals surface area contributed by atoms with Gasteiger partial charge in [-0.1, -0.05) is 31.4 Å².